The monoisotopic (exact) mass is 574 g/mol. The fourth-order valence-electron chi connectivity index (χ4n) is 4.89. The van der Waals surface area contributed by atoms with Crippen molar-refractivity contribution in [2.75, 3.05) is 44.4 Å². The maximum atomic E-state index is 13.5. The van der Waals surface area contributed by atoms with E-state index >= 15 is 0 Å². The highest BCUT2D eigenvalue weighted by Crippen LogP contribution is 2.37. The van der Waals surface area contributed by atoms with Crippen molar-refractivity contribution in [2.45, 2.75) is 66.3 Å². The third-order valence-electron chi connectivity index (χ3n) is 7.02. The largest absolute Gasteiger partial charge is 0.466 e. The second-order valence-corrected chi connectivity index (χ2v) is 11.2. The minimum absolute atomic E-state index is 0.0784. The summed E-state index contributed by atoms with van der Waals surface area (Å²) in [6, 6.07) is 2.10. The zero-order chi connectivity index (χ0) is 28.5. The Kier molecular flexibility index (Phi) is 11.6. The van der Waals surface area contributed by atoms with Gasteiger partial charge in [-0.1, -0.05) is 37.3 Å². The van der Waals surface area contributed by atoms with E-state index < -0.39 is 0 Å². The van der Waals surface area contributed by atoms with Gasteiger partial charge in [-0.05, 0) is 58.1 Å². The highest BCUT2D eigenvalue weighted by Gasteiger charge is 2.34. The molecule has 0 N–H and O–H groups in total. The standard InChI is InChI=1S/C28H38N4O5S2/c1-5-8-12-31-24(30-14-10-20(11-15-30)27(35)37-7-3)21(19(4)22(18-29)25(31)33)17-23-26(34)32(28(38)39-23)13-9-16-36-6-2/h17,20H,5-16H2,1-4H3. The van der Waals surface area contributed by atoms with E-state index in [1.165, 1.54) is 11.8 Å². The number of hydrogen-bond acceptors (Lipinski definition) is 9. The molecule has 0 spiro atoms. The van der Waals surface area contributed by atoms with Gasteiger partial charge >= 0.3 is 5.97 Å². The van der Waals surface area contributed by atoms with Gasteiger partial charge in [-0.2, -0.15) is 5.26 Å². The molecule has 0 radical (unpaired) electrons. The van der Waals surface area contributed by atoms with E-state index in [9.17, 15) is 19.6 Å². The van der Waals surface area contributed by atoms with Crippen LogP contribution in [-0.2, 0) is 25.6 Å². The molecule has 1 amide bonds. The Morgan fingerprint density at radius 3 is 2.49 bits per heavy atom. The molecule has 0 saturated carbocycles. The van der Waals surface area contributed by atoms with E-state index in [2.05, 4.69) is 11.0 Å². The van der Waals surface area contributed by atoms with Gasteiger partial charge in [-0.3, -0.25) is 23.9 Å². The van der Waals surface area contributed by atoms with Crippen LogP contribution in [0.4, 0.5) is 5.82 Å². The summed E-state index contributed by atoms with van der Waals surface area (Å²) in [7, 11) is 0. The number of aromatic nitrogens is 1. The smallest absolute Gasteiger partial charge is 0.309 e. The second-order valence-electron chi connectivity index (χ2n) is 9.56. The van der Waals surface area contributed by atoms with Gasteiger partial charge in [0.2, 0.25) is 0 Å². The maximum absolute atomic E-state index is 13.5. The summed E-state index contributed by atoms with van der Waals surface area (Å²) in [6.45, 7) is 11.1. The van der Waals surface area contributed by atoms with Crippen molar-refractivity contribution >= 4 is 52.1 Å². The number of piperidine rings is 1. The number of carbonyl (C=O) groups is 2. The molecule has 0 atom stereocenters. The Bertz CT molecular complexity index is 1210. The van der Waals surface area contributed by atoms with E-state index in [4.69, 9.17) is 21.7 Å². The predicted octanol–water partition coefficient (Wildman–Crippen LogP) is 4.24. The Hall–Kier alpha value is -2.68. The summed E-state index contributed by atoms with van der Waals surface area (Å²) in [4.78, 5) is 43.3. The first-order valence-electron chi connectivity index (χ1n) is 13.7. The summed E-state index contributed by atoms with van der Waals surface area (Å²) in [5.41, 5.74) is 0.965. The van der Waals surface area contributed by atoms with E-state index in [0.29, 0.717) is 91.4 Å². The lowest BCUT2D eigenvalue weighted by Crippen LogP contribution is -2.41. The number of esters is 1. The zero-order valence-corrected chi connectivity index (χ0v) is 24.9. The molecule has 2 saturated heterocycles. The van der Waals surface area contributed by atoms with Crippen LogP contribution in [0.3, 0.4) is 0 Å². The Balaban J connectivity index is 2.05. The minimum atomic E-state index is -0.327. The molecule has 1 aromatic heterocycles. The van der Waals surface area contributed by atoms with Crippen molar-refractivity contribution in [1.82, 2.24) is 9.47 Å². The molecular weight excluding hydrogens is 536 g/mol. The summed E-state index contributed by atoms with van der Waals surface area (Å²) >= 11 is 6.75. The van der Waals surface area contributed by atoms with Gasteiger partial charge in [0.1, 0.15) is 21.8 Å². The van der Waals surface area contributed by atoms with Gasteiger partial charge in [-0.25, -0.2) is 0 Å². The first-order valence-corrected chi connectivity index (χ1v) is 14.9. The number of anilines is 1. The van der Waals surface area contributed by atoms with Crippen LogP contribution in [0.2, 0.25) is 0 Å². The number of thiocarbonyl (C=S) groups is 1. The number of thioether (sulfide) groups is 1. The predicted molar refractivity (Wildman–Crippen MR) is 158 cm³/mol. The molecule has 9 nitrogen and oxygen atoms in total. The van der Waals surface area contributed by atoms with Crippen molar-refractivity contribution in [2.24, 2.45) is 5.92 Å². The van der Waals surface area contributed by atoms with Crippen molar-refractivity contribution in [1.29, 1.82) is 5.26 Å². The number of nitrogens with zero attached hydrogens (tertiary/aromatic N) is 4. The van der Waals surface area contributed by atoms with Gasteiger partial charge in [0.05, 0.1) is 17.4 Å². The van der Waals surface area contributed by atoms with Crippen LogP contribution in [0.1, 0.15) is 69.6 Å². The van der Waals surface area contributed by atoms with E-state index in [-0.39, 0.29) is 28.9 Å². The first-order chi connectivity index (χ1) is 18.8. The van der Waals surface area contributed by atoms with Gasteiger partial charge in [0.25, 0.3) is 11.5 Å². The minimum Gasteiger partial charge on any atom is -0.466 e. The van der Waals surface area contributed by atoms with Crippen LogP contribution >= 0.6 is 24.0 Å². The number of unbranched alkanes of at least 4 members (excludes halogenated alkanes) is 1. The van der Waals surface area contributed by atoms with E-state index in [1.54, 1.807) is 29.4 Å². The molecule has 0 bridgehead atoms. The number of carbonyl (C=O) groups excluding carboxylic acids is 2. The van der Waals surface area contributed by atoms with Crippen LogP contribution in [0.25, 0.3) is 6.08 Å². The molecule has 11 heteroatoms. The molecule has 0 aromatic carbocycles. The zero-order valence-electron chi connectivity index (χ0n) is 23.3. The van der Waals surface area contributed by atoms with E-state index in [1.807, 2.05) is 13.8 Å². The fraction of sp³-hybridized carbons (Fsp3) is 0.607. The number of hydrogen-bond donors (Lipinski definition) is 0. The normalized spacial score (nSPS) is 17.3. The number of rotatable bonds is 12. The van der Waals surface area contributed by atoms with Crippen LogP contribution in [0.5, 0.6) is 0 Å². The molecule has 2 aliphatic rings. The Labute approximate surface area is 240 Å². The SMILES string of the molecule is CCCCn1c(N2CCC(C(=O)OCC)CC2)c(C=C2SC(=S)N(CCCOCC)C2=O)c(C)c(C#N)c1=O. The van der Waals surface area contributed by atoms with Crippen molar-refractivity contribution < 1.29 is 19.1 Å². The number of ether oxygens (including phenoxy) is 2. The van der Waals surface area contributed by atoms with Crippen molar-refractivity contribution in [3.8, 4) is 6.07 Å². The molecule has 0 unspecified atom stereocenters. The molecule has 2 aliphatic heterocycles. The maximum Gasteiger partial charge on any atom is 0.309 e. The lowest BCUT2D eigenvalue weighted by Gasteiger charge is -2.35. The van der Waals surface area contributed by atoms with E-state index in [0.717, 1.165) is 12.8 Å². The quantitative estimate of drug-likeness (QED) is 0.157. The third kappa shape index (κ3) is 7.10. The highest BCUT2D eigenvalue weighted by atomic mass is 32.2. The van der Waals surface area contributed by atoms with Crippen molar-refractivity contribution in [3.05, 3.63) is 31.9 Å². The number of nitriles is 1. The van der Waals surface area contributed by atoms with Gasteiger partial charge < -0.3 is 14.4 Å². The summed E-state index contributed by atoms with van der Waals surface area (Å²) < 4.78 is 12.8. The average molecular weight is 575 g/mol. The first kappa shape index (κ1) is 30.9. The highest BCUT2D eigenvalue weighted by molar-refractivity contribution is 8.26. The molecule has 3 rings (SSSR count). The van der Waals surface area contributed by atoms with Gasteiger partial charge in [-0.15, -0.1) is 0 Å². The van der Waals surface area contributed by atoms with Crippen LogP contribution in [-0.4, -0.2) is 65.1 Å². The second kappa shape index (κ2) is 14.6. The molecule has 39 heavy (non-hydrogen) atoms. The van der Waals surface area contributed by atoms with Gasteiger partial charge in [0, 0.05) is 45.0 Å². The third-order valence-corrected chi connectivity index (χ3v) is 8.40. The average Bonchev–Trinajstić information content (AvgIpc) is 3.19. The summed E-state index contributed by atoms with van der Waals surface area (Å²) in [6.07, 6.45) is 5.30. The van der Waals surface area contributed by atoms with Crippen molar-refractivity contribution in [3.63, 3.8) is 0 Å². The summed E-state index contributed by atoms with van der Waals surface area (Å²) in [5, 5.41) is 9.90. The van der Waals surface area contributed by atoms with Gasteiger partial charge in [0.15, 0.2) is 0 Å². The molecular formula is C28H38N4O5S2. The Morgan fingerprint density at radius 1 is 1.15 bits per heavy atom. The molecule has 1 aromatic rings. The summed E-state index contributed by atoms with van der Waals surface area (Å²) in [5.74, 6) is 0.129. The number of pyridine rings is 1. The molecule has 3 heterocycles. The van der Waals surface area contributed by atoms with Crippen LogP contribution < -0.4 is 10.5 Å². The fourth-order valence-corrected chi connectivity index (χ4v) is 6.18. The molecule has 0 aliphatic carbocycles. The molecule has 2 fully saturated rings. The lowest BCUT2D eigenvalue weighted by molar-refractivity contribution is -0.148. The lowest BCUT2D eigenvalue weighted by atomic mass is 9.95. The topological polar surface area (TPSA) is 105 Å². The molecule has 212 valence electrons. The van der Waals surface area contributed by atoms with Crippen LogP contribution in [0, 0.1) is 24.2 Å². The Morgan fingerprint density at radius 2 is 1.87 bits per heavy atom. The number of amides is 1. The van der Waals surface area contributed by atoms with Crippen LogP contribution in [0.15, 0.2) is 9.70 Å².